The summed E-state index contributed by atoms with van der Waals surface area (Å²) < 4.78 is 0. The van der Waals surface area contributed by atoms with E-state index in [2.05, 4.69) is 21.8 Å². The number of carbonyl (C=O) groups excluding carboxylic acids is 1. The third-order valence-corrected chi connectivity index (χ3v) is 6.26. The average molecular weight is 344 g/mol. The molecule has 0 spiro atoms. The average Bonchev–Trinajstić information content (AvgIpc) is 2.88. The predicted molar refractivity (Wildman–Crippen MR) is 97.8 cm³/mol. The lowest BCUT2D eigenvalue weighted by Crippen LogP contribution is -2.37. The first-order valence-corrected chi connectivity index (χ1v) is 9.87. The second kappa shape index (κ2) is 6.67. The van der Waals surface area contributed by atoms with Crippen LogP contribution in [0.3, 0.4) is 0 Å². The third-order valence-electron chi connectivity index (χ3n) is 5.06. The second-order valence-corrected chi connectivity index (χ2v) is 7.83. The molecule has 128 valence electrons. The van der Waals surface area contributed by atoms with E-state index in [0.717, 1.165) is 49.5 Å². The zero-order valence-corrected chi connectivity index (χ0v) is 15.1. The van der Waals surface area contributed by atoms with Gasteiger partial charge < -0.3 is 9.80 Å². The van der Waals surface area contributed by atoms with Gasteiger partial charge in [0.15, 0.2) is 0 Å². The first-order valence-electron chi connectivity index (χ1n) is 9.06. The summed E-state index contributed by atoms with van der Waals surface area (Å²) in [6.07, 6.45) is 8.50. The third kappa shape index (κ3) is 2.77. The second-order valence-electron chi connectivity index (χ2n) is 6.74. The number of amides is 1. The van der Waals surface area contributed by atoms with Gasteiger partial charge in [0.05, 0.1) is 11.9 Å². The summed E-state index contributed by atoms with van der Waals surface area (Å²) in [6.45, 7) is 5.18. The van der Waals surface area contributed by atoms with Crippen molar-refractivity contribution >= 4 is 33.3 Å². The van der Waals surface area contributed by atoms with E-state index in [0.29, 0.717) is 6.54 Å². The van der Waals surface area contributed by atoms with Crippen molar-refractivity contribution < 1.29 is 4.79 Å². The molecule has 0 saturated carbocycles. The van der Waals surface area contributed by atoms with Gasteiger partial charge in [0.25, 0.3) is 0 Å². The number of anilines is 1. The molecule has 24 heavy (non-hydrogen) atoms. The van der Waals surface area contributed by atoms with Crippen LogP contribution in [0.2, 0.25) is 0 Å². The van der Waals surface area contributed by atoms with E-state index in [1.807, 2.05) is 16.2 Å². The van der Waals surface area contributed by atoms with E-state index >= 15 is 0 Å². The van der Waals surface area contributed by atoms with Crippen LogP contribution in [0.1, 0.15) is 43.0 Å². The molecule has 3 heterocycles. The van der Waals surface area contributed by atoms with Gasteiger partial charge in [-0.15, -0.1) is 11.3 Å². The minimum atomic E-state index is 0.227. The fourth-order valence-corrected chi connectivity index (χ4v) is 5.14. The standard InChI is InChI=1S/C18H24N4OS/c1-2-8-21-9-5-10-22(11-15(21)23)17-16-13-6-3-4-7-14(13)24-18(16)20-12-19-17/h12H,2-11H2,1H3. The summed E-state index contributed by atoms with van der Waals surface area (Å²) in [5.74, 6) is 1.20. The smallest absolute Gasteiger partial charge is 0.242 e. The van der Waals surface area contributed by atoms with Crippen LogP contribution >= 0.6 is 11.3 Å². The maximum Gasteiger partial charge on any atom is 0.242 e. The number of hydrogen-bond donors (Lipinski definition) is 0. The number of aryl methyl sites for hydroxylation is 2. The van der Waals surface area contributed by atoms with E-state index in [1.54, 1.807) is 6.33 Å². The molecule has 2 aliphatic rings. The SMILES string of the molecule is CCCN1CCCN(c2ncnc3sc4c(c23)CCCC4)CC1=O. The molecule has 6 heteroatoms. The zero-order chi connectivity index (χ0) is 16.5. The van der Waals surface area contributed by atoms with Gasteiger partial charge in [0, 0.05) is 24.5 Å². The van der Waals surface area contributed by atoms with Crippen LogP contribution in [0.4, 0.5) is 5.82 Å². The monoisotopic (exact) mass is 344 g/mol. The van der Waals surface area contributed by atoms with Crippen LogP contribution in [0.25, 0.3) is 10.2 Å². The topological polar surface area (TPSA) is 49.3 Å². The van der Waals surface area contributed by atoms with Gasteiger partial charge in [-0.05, 0) is 44.1 Å². The summed E-state index contributed by atoms with van der Waals surface area (Å²) in [4.78, 5) is 28.5. The first-order chi connectivity index (χ1) is 11.8. The van der Waals surface area contributed by atoms with Crippen LogP contribution in [0.15, 0.2) is 6.33 Å². The van der Waals surface area contributed by atoms with Gasteiger partial charge in [0.2, 0.25) is 5.91 Å². The van der Waals surface area contributed by atoms with Crippen molar-refractivity contribution in [2.75, 3.05) is 31.1 Å². The molecule has 1 fully saturated rings. The maximum absolute atomic E-state index is 12.6. The molecular weight excluding hydrogens is 320 g/mol. The van der Waals surface area contributed by atoms with Crippen molar-refractivity contribution in [3.05, 3.63) is 16.8 Å². The fraction of sp³-hybridized carbons (Fsp3) is 0.611. The number of nitrogens with zero attached hydrogens (tertiary/aromatic N) is 4. The molecule has 0 N–H and O–H groups in total. The van der Waals surface area contributed by atoms with Gasteiger partial charge in [-0.25, -0.2) is 9.97 Å². The molecule has 0 bridgehead atoms. The molecule has 4 rings (SSSR count). The van der Waals surface area contributed by atoms with Crippen molar-refractivity contribution in [3.8, 4) is 0 Å². The van der Waals surface area contributed by atoms with Crippen molar-refractivity contribution in [2.45, 2.75) is 45.4 Å². The summed E-state index contributed by atoms with van der Waals surface area (Å²) >= 11 is 1.82. The van der Waals surface area contributed by atoms with Crippen molar-refractivity contribution in [3.63, 3.8) is 0 Å². The highest BCUT2D eigenvalue weighted by Crippen LogP contribution is 2.39. The minimum Gasteiger partial charge on any atom is -0.347 e. The Hall–Kier alpha value is -1.69. The number of hydrogen-bond acceptors (Lipinski definition) is 5. The van der Waals surface area contributed by atoms with Crippen LogP contribution in [0, 0.1) is 0 Å². The molecule has 2 aromatic heterocycles. The first kappa shape index (κ1) is 15.8. The zero-order valence-electron chi connectivity index (χ0n) is 14.3. The normalized spacial score (nSPS) is 18.8. The molecule has 0 aromatic carbocycles. The Morgan fingerprint density at radius 3 is 2.92 bits per heavy atom. The van der Waals surface area contributed by atoms with Crippen LogP contribution in [0.5, 0.6) is 0 Å². The molecule has 0 unspecified atom stereocenters. The Bertz CT molecular complexity index is 757. The number of carbonyl (C=O) groups is 1. The quantitative estimate of drug-likeness (QED) is 0.859. The van der Waals surface area contributed by atoms with Gasteiger partial charge in [-0.3, -0.25) is 4.79 Å². The highest BCUT2D eigenvalue weighted by atomic mass is 32.1. The predicted octanol–water partition coefficient (Wildman–Crippen LogP) is 3.02. The van der Waals surface area contributed by atoms with Crippen LogP contribution in [-0.4, -0.2) is 47.0 Å². The molecule has 1 aliphatic carbocycles. The van der Waals surface area contributed by atoms with Gasteiger partial charge in [-0.1, -0.05) is 6.92 Å². The number of thiophene rings is 1. The van der Waals surface area contributed by atoms with Gasteiger partial charge in [0.1, 0.15) is 17.0 Å². The Labute approximate surface area is 146 Å². The van der Waals surface area contributed by atoms with Crippen LogP contribution < -0.4 is 4.90 Å². The molecule has 1 amide bonds. The molecule has 1 aliphatic heterocycles. The van der Waals surface area contributed by atoms with E-state index in [1.165, 1.54) is 35.1 Å². The van der Waals surface area contributed by atoms with Crippen molar-refractivity contribution in [1.82, 2.24) is 14.9 Å². The highest BCUT2D eigenvalue weighted by Gasteiger charge is 2.26. The minimum absolute atomic E-state index is 0.227. The Kier molecular flexibility index (Phi) is 4.39. The van der Waals surface area contributed by atoms with E-state index < -0.39 is 0 Å². The lowest BCUT2D eigenvalue weighted by Gasteiger charge is -2.23. The van der Waals surface area contributed by atoms with E-state index in [9.17, 15) is 4.79 Å². The number of aromatic nitrogens is 2. The summed E-state index contributed by atoms with van der Waals surface area (Å²) in [7, 11) is 0. The number of rotatable bonds is 3. The molecule has 0 radical (unpaired) electrons. The van der Waals surface area contributed by atoms with Gasteiger partial charge in [-0.2, -0.15) is 0 Å². The van der Waals surface area contributed by atoms with Crippen molar-refractivity contribution in [1.29, 1.82) is 0 Å². The number of fused-ring (bicyclic) bond motifs is 3. The summed E-state index contributed by atoms with van der Waals surface area (Å²) in [5.41, 5.74) is 1.44. The largest absolute Gasteiger partial charge is 0.347 e. The lowest BCUT2D eigenvalue weighted by atomic mass is 9.97. The molecule has 2 aromatic rings. The Morgan fingerprint density at radius 1 is 1.17 bits per heavy atom. The van der Waals surface area contributed by atoms with E-state index in [-0.39, 0.29) is 5.91 Å². The molecule has 0 atom stereocenters. The summed E-state index contributed by atoms with van der Waals surface area (Å²) in [6, 6.07) is 0. The Balaban J connectivity index is 1.71. The summed E-state index contributed by atoms with van der Waals surface area (Å²) in [5, 5.41) is 1.22. The van der Waals surface area contributed by atoms with Gasteiger partial charge >= 0.3 is 0 Å². The molecular formula is C18H24N4OS. The highest BCUT2D eigenvalue weighted by molar-refractivity contribution is 7.19. The fourth-order valence-electron chi connectivity index (χ4n) is 3.92. The Morgan fingerprint density at radius 2 is 2.04 bits per heavy atom. The molecule has 1 saturated heterocycles. The van der Waals surface area contributed by atoms with Crippen molar-refractivity contribution in [2.24, 2.45) is 0 Å². The molecule has 5 nitrogen and oxygen atoms in total. The maximum atomic E-state index is 12.6. The van der Waals surface area contributed by atoms with Crippen LogP contribution in [-0.2, 0) is 17.6 Å². The van der Waals surface area contributed by atoms with E-state index in [4.69, 9.17) is 0 Å². The lowest BCUT2D eigenvalue weighted by molar-refractivity contribution is -0.129.